The van der Waals surface area contributed by atoms with Gasteiger partial charge in [-0.3, -0.25) is 9.35 Å². The van der Waals surface area contributed by atoms with Gasteiger partial charge in [0.1, 0.15) is 5.84 Å². The van der Waals surface area contributed by atoms with E-state index in [1.54, 1.807) is 0 Å². The summed E-state index contributed by atoms with van der Waals surface area (Å²) >= 11 is 0. The fourth-order valence-corrected chi connectivity index (χ4v) is 3.03. The van der Waals surface area contributed by atoms with E-state index in [-0.39, 0.29) is 18.2 Å². The Kier molecular flexibility index (Phi) is 3.94. The van der Waals surface area contributed by atoms with Crippen LogP contribution in [0.25, 0.3) is 0 Å². The van der Waals surface area contributed by atoms with Crippen molar-refractivity contribution in [1.29, 1.82) is 0 Å². The first kappa shape index (κ1) is 16.3. The van der Waals surface area contributed by atoms with Crippen molar-refractivity contribution in [2.75, 3.05) is 6.54 Å². The molecule has 24 heavy (non-hydrogen) atoms. The van der Waals surface area contributed by atoms with Crippen LogP contribution in [0.4, 0.5) is 4.79 Å². The molecule has 3 heterocycles. The molecular formula is C10H12N6O7S. The van der Waals surface area contributed by atoms with E-state index in [2.05, 4.69) is 23.9 Å². The Labute approximate surface area is 135 Å². The summed E-state index contributed by atoms with van der Waals surface area (Å²) in [6.45, 7) is 0.117. The minimum Gasteiger partial charge on any atom is -0.385 e. The molecule has 0 radical (unpaired) electrons. The highest BCUT2D eigenvalue weighted by atomic mass is 32.3. The van der Waals surface area contributed by atoms with Gasteiger partial charge < -0.3 is 15.2 Å². The van der Waals surface area contributed by atoms with Crippen molar-refractivity contribution >= 4 is 28.2 Å². The molecule has 2 fully saturated rings. The van der Waals surface area contributed by atoms with Crippen molar-refractivity contribution in [3.05, 3.63) is 12.2 Å². The summed E-state index contributed by atoms with van der Waals surface area (Å²) in [4.78, 5) is 32.4. The third-order valence-electron chi connectivity index (χ3n) is 3.62. The molecule has 2 saturated heterocycles. The fraction of sp³-hybridized carbons (Fsp3) is 0.500. The Balaban J connectivity index is 1.77. The maximum absolute atomic E-state index is 12.2. The number of hydrogen-bond donors (Lipinski definition) is 2. The van der Waals surface area contributed by atoms with Crippen molar-refractivity contribution in [2.45, 2.75) is 24.9 Å². The zero-order valence-electron chi connectivity index (χ0n) is 12.0. The minimum absolute atomic E-state index is 0.117. The van der Waals surface area contributed by atoms with Gasteiger partial charge in [0, 0.05) is 6.54 Å². The molecule has 2 aliphatic heterocycles. The summed E-state index contributed by atoms with van der Waals surface area (Å²) in [7, 11) is -4.83. The summed E-state index contributed by atoms with van der Waals surface area (Å²) in [5, 5.41) is 3.90. The van der Waals surface area contributed by atoms with Gasteiger partial charge in [0.05, 0.1) is 12.1 Å². The maximum atomic E-state index is 12.2. The molecule has 3 amide bonds. The lowest BCUT2D eigenvalue weighted by Gasteiger charge is -2.29. The van der Waals surface area contributed by atoms with Crippen LogP contribution in [0.15, 0.2) is 15.9 Å². The van der Waals surface area contributed by atoms with Crippen LogP contribution in [0.5, 0.6) is 0 Å². The first-order valence-corrected chi connectivity index (χ1v) is 8.04. The summed E-state index contributed by atoms with van der Waals surface area (Å²) in [5.74, 6) is -1.26. The Morgan fingerprint density at radius 3 is 2.88 bits per heavy atom. The van der Waals surface area contributed by atoms with Gasteiger partial charge in [-0.2, -0.15) is 23.5 Å². The van der Waals surface area contributed by atoms with Gasteiger partial charge in [-0.1, -0.05) is 5.16 Å². The highest BCUT2D eigenvalue weighted by molar-refractivity contribution is 7.80. The molecule has 14 heteroatoms. The predicted molar refractivity (Wildman–Crippen MR) is 73.6 cm³/mol. The molecule has 0 aromatic carbocycles. The van der Waals surface area contributed by atoms with E-state index in [9.17, 15) is 18.0 Å². The molecule has 13 nitrogen and oxygen atoms in total. The van der Waals surface area contributed by atoms with Crippen molar-refractivity contribution in [2.24, 2.45) is 10.7 Å². The molecule has 1 aromatic heterocycles. The average molecular weight is 360 g/mol. The van der Waals surface area contributed by atoms with Crippen LogP contribution in [-0.2, 0) is 14.7 Å². The number of fused-ring (bicyclic) bond motifs is 2. The zero-order valence-corrected chi connectivity index (χ0v) is 12.8. The molecule has 3 rings (SSSR count). The number of nitrogens with zero attached hydrogens (tertiary/aromatic N) is 5. The molecule has 1 aromatic rings. The number of rotatable bonds is 4. The average Bonchev–Trinajstić information content (AvgIpc) is 3.11. The van der Waals surface area contributed by atoms with E-state index in [0.29, 0.717) is 17.9 Å². The lowest BCUT2D eigenvalue weighted by Crippen LogP contribution is -2.48. The molecule has 0 spiro atoms. The molecule has 0 unspecified atom stereocenters. The van der Waals surface area contributed by atoms with Gasteiger partial charge in [-0.05, 0) is 12.8 Å². The monoisotopic (exact) mass is 360 g/mol. The van der Waals surface area contributed by atoms with E-state index < -0.39 is 34.4 Å². The number of hydroxylamine groups is 2. The largest absolute Gasteiger partial charge is 0.418 e. The number of aliphatic imine (C=N–C) groups is 1. The van der Waals surface area contributed by atoms with Gasteiger partial charge in [-0.25, -0.2) is 4.79 Å². The number of urea groups is 1. The van der Waals surface area contributed by atoms with Crippen LogP contribution in [0.1, 0.15) is 23.5 Å². The molecular weight excluding hydrogens is 348 g/mol. The lowest BCUT2D eigenvalue weighted by molar-refractivity contribution is -0.0316. The summed E-state index contributed by atoms with van der Waals surface area (Å²) in [6, 6.07) is -2.08. The van der Waals surface area contributed by atoms with Gasteiger partial charge in [0.15, 0.2) is 0 Å². The summed E-state index contributed by atoms with van der Waals surface area (Å²) in [6.07, 6.45) is 1.63. The van der Waals surface area contributed by atoms with E-state index in [1.807, 2.05) is 0 Å². The van der Waals surface area contributed by atoms with Gasteiger partial charge >= 0.3 is 22.3 Å². The minimum atomic E-state index is -4.83. The summed E-state index contributed by atoms with van der Waals surface area (Å²) in [5.41, 5.74) is 5.80. The van der Waals surface area contributed by atoms with E-state index >= 15 is 0 Å². The van der Waals surface area contributed by atoms with Crippen LogP contribution in [0.2, 0.25) is 0 Å². The van der Waals surface area contributed by atoms with Crippen LogP contribution in [-0.4, -0.2) is 69.5 Å². The SMILES string of the molecule is NC(=NC(=O)c1ncon1)[C@@H]1CC[C@@H]2CN1C(=O)N2OS(=O)(=O)O. The van der Waals surface area contributed by atoms with Gasteiger partial charge in [0.2, 0.25) is 6.39 Å². The predicted octanol–water partition coefficient (Wildman–Crippen LogP) is -1.43. The number of carbonyl (C=O) groups excluding carboxylic acids is 2. The number of hydrogen-bond acceptors (Lipinski definition) is 8. The molecule has 2 atom stereocenters. The third-order valence-corrected chi connectivity index (χ3v) is 3.97. The van der Waals surface area contributed by atoms with Crippen molar-refractivity contribution in [1.82, 2.24) is 20.1 Å². The Morgan fingerprint density at radius 2 is 2.25 bits per heavy atom. The molecule has 0 saturated carbocycles. The number of piperidine rings is 1. The van der Waals surface area contributed by atoms with E-state index in [0.717, 1.165) is 6.39 Å². The second kappa shape index (κ2) is 5.81. The number of carbonyl (C=O) groups is 2. The third kappa shape index (κ3) is 3.06. The molecule has 2 bridgehead atoms. The Bertz CT molecular complexity index is 791. The van der Waals surface area contributed by atoms with Crippen LogP contribution < -0.4 is 5.73 Å². The van der Waals surface area contributed by atoms with Crippen LogP contribution in [0.3, 0.4) is 0 Å². The zero-order chi connectivity index (χ0) is 17.5. The molecule has 0 aliphatic carbocycles. The maximum Gasteiger partial charge on any atom is 0.418 e. The summed E-state index contributed by atoms with van der Waals surface area (Å²) < 4.78 is 39.1. The number of aromatic nitrogens is 2. The van der Waals surface area contributed by atoms with Crippen molar-refractivity contribution in [3.8, 4) is 0 Å². The quantitative estimate of drug-likeness (QED) is 0.367. The van der Waals surface area contributed by atoms with Crippen LogP contribution >= 0.6 is 0 Å². The Morgan fingerprint density at radius 1 is 1.50 bits per heavy atom. The van der Waals surface area contributed by atoms with Crippen molar-refractivity contribution in [3.63, 3.8) is 0 Å². The van der Waals surface area contributed by atoms with Crippen LogP contribution in [0, 0.1) is 0 Å². The highest BCUT2D eigenvalue weighted by Crippen LogP contribution is 2.30. The van der Waals surface area contributed by atoms with Gasteiger partial charge in [0.25, 0.3) is 5.82 Å². The molecule has 2 aliphatic rings. The number of nitrogens with two attached hydrogens (primary N) is 1. The lowest BCUT2D eigenvalue weighted by atomic mass is 10.0. The molecule has 3 N–H and O–H groups in total. The highest BCUT2D eigenvalue weighted by Gasteiger charge is 2.48. The number of amidine groups is 1. The second-order valence-corrected chi connectivity index (χ2v) is 6.11. The van der Waals surface area contributed by atoms with E-state index in [4.69, 9.17) is 10.3 Å². The topological polar surface area (TPSA) is 182 Å². The van der Waals surface area contributed by atoms with E-state index in [1.165, 1.54) is 4.90 Å². The number of amides is 3. The Hall–Kier alpha value is -2.58. The first-order valence-electron chi connectivity index (χ1n) is 6.68. The van der Waals surface area contributed by atoms with Gasteiger partial charge in [-0.15, -0.1) is 4.28 Å². The first-order chi connectivity index (χ1) is 11.3. The fourth-order valence-electron chi connectivity index (χ4n) is 2.65. The molecule has 130 valence electrons. The normalized spacial score (nSPS) is 24.5. The standard InChI is InChI=1S/C10H12N6O7S/c11-7(13-9(17)8-12-4-22-14-8)6-2-1-5-3-15(6)10(18)16(5)23-24(19,20)21/h4-6H,1-3H2,(H2,11,13,17)(H,19,20,21)/t5-,6+/m1/s1. The second-order valence-electron chi connectivity index (χ2n) is 5.11. The smallest absolute Gasteiger partial charge is 0.385 e. The van der Waals surface area contributed by atoms with Crippen molar-refractivity contribution < 1.29 is 31.4 Å².